The summed E-state index contributed by atoms with van der Waals surface area (Å²) in [5.41, 5.74) is 4.39. The van der Waals surface area contributed by atoms with Gasteiger partial charge < -0.3 is 30.7 Å². The Bertz CT molecular complexity index is 1100. The van der Waals surface area contributed by atoms with Gasteiger partial charge in [-0.3, -0.25) is 18.5 Å². The van der Waals surface area contributed by atoms with Crippen LogP contribution in [0.2, 0.25) is 0 Å². The predicted octanol–water partition coefficient (Wildman–Crippen LogP) is 0.615. The van der Waals surface area contributed by atoms with E-state index in [0.717, 1.165) is 0 Å². The number of hydrogen-bond donors (Lipinski definition) is 6. The van der Waals surface area contributed by atoms with Crippen LogP contribution in [0.15, 0.2) is 17.1 Å². The molecule has 33 heavy (non-hydrogen) atoms. The van der Waals surface area contributed by atoms with Crippen LogP contribution < -0.4 is 16.3 Å². The number of nitrogens with one attached hydrogen (secondary N) is 2. The molecule has 186 valence electrons. The zero-order valence-corrected chi connectivity index (χ0v) is 20.1. The summed E-state index contributed by atoms with van der Waals surface area (Å²) >= 11 is 0. The molecule has 0 bridgehead atoms. The van der Waals surface area contributed by atoms with Crippen LogP contribution in [-0.2, 0) is 13.8 Å². The molecule has 8 N–H and O–H groups in total. The lowest BCUT2D eigenvalue weighted by Crippen LogP contribution is -2.41. The van der Waals surface area contributed by atoms with Crippen molar-refractivity contribution in [3.63, 3.8) is 0 Å². The molecule has 13 heteroatoms. The van der Waals surface area contributed by atoms with Crippen molar-refractivity contribution >= 4 is 24.6 Å². The maximum Gasteiger partial charge on any atom is 0.359 e. The maximum atomic E-state index is 12.9. The minimum atomic E-state index is -4.46. The van der Waals surface area contributed by atoms with Crippen molar-refractivity contribution in [2.75, 3.05) is 5.73 Å². The molecule has 1 aliphatic heterocycles. The van der Waals surface area contributed by atoms with Gasteiger partial charge in [0, 0.05) is 6.42 Å². The van der Waals surface area contributed by atoms with Crippen molar-refractivity contribution in [3.05, 3.63) is 22.6 Å². The second kappa shape index (κ2) is 9.10. The lowest BCUT2D eigenvalue weighted by Gasteiger charge is -2.39. The number of aliphatic hydroxyl groups is 3. The van der Waals surface area contributed by atoms with Gasteiger partial charge in [-0.15, -0.1) is 0 Å². The molecule has 2 aromatic rings. The number of ether oxygens (including phenoxy) is 1. The van der Waals surface area contributed by atoms with E-state index in [4.69, 9.17) is 15.0 Å². The quantitative estimate of drug-likeness (QED) is 0.274. The summed E-state index contributed by atoms with van der Waals surface area (Å²) in [7, 11) is -4.46. The van der Waals surface area contributed by atoms with Crippen molar-refractivity contribution < 1.29 is 39.0 Å². The van der Waals surface area contributed by atoms with E-state index < -0.39 is 48.6 Å². The van der Waals surface area contributed by atoms with E-state index in [1.54, 1.807) is 20.8 Å². The molecule has 0 saturated carbocycles. The molecule has 0 radical (unpaired) electrons. The summed E-state index contributed by atoms with van der Waals surface area (Å²) in [5, 5.41) is 30.2. The smallest absolute Gasteiger partial charge is 0.359 e. The van der Waals surface area contributed by atoms with Crippen LogP contribution in [0.1, 0.15) is 59.6 Å². The Balaban J connectivity index is 1.90. The molecule has 0 aromatic carbocycles. The summed E-state index contributed by atoms with van der Waals surface area (Å²) in [5.74, 6) is 0.0168. The topological polar surface area (TPSA) is 194 Å². The Hall–Kier alpha value is -1.79. The van der Waals surface area contributed by atoms with E-state index in [0.29, 0.717) is 23.9 Å². The zero-order valence-electron chi connectivity index (χ0n) is 19.2. The van der Waals surface area contributed by atoms with E-state index >= 15 is 0 Å². The van der Waals surface area contributed by atoms with E-state index in [-0.39, 0.29) is 18.8 Å². The number of aromatic nitrogens is 3. The van der Waals surface area contributed by atoms with Crippen molar-refractivity contribution in [3.8, 4) is 0 Å². The number of aromatic amines is 2. The van der Waals surface area contributed by atoms with Gasteiger partial charge in [0.1, 0.15) is 17.6 Å². The van der Waals surface area contributed by atoms with E-state index in [9.17, 15) is 29.6 Å². The van der Waals surface area contributed by atoms with Gasteiger partial charge in [0.05, 0.1) is 17.9 Å². The zero-order chi connectivity index (χ0) is 24.8. The molecule has 6 atom stereocenters. The molecule has 1 aliphatic rings. The lowest BCUT2D eigenvalue weighted by molar-refractivity contribution is -0.337. The average Bonchev–Trinajstić information content (AvgIpc) is 3.29. The van der Waals surface area contributed by atoms with Gasteiger partial charge in [-0.25, -0.2) is 9.97 Å². The van der Waals surface area contributed by atoms with E-state index in [1.165, 1.54) is 23.8 Å². The molecule has 6 unspecified atom stereocenters. The first-order valence-corrected chi connectivity index (χ1v) is 12.6. The fourth-order valence-corrected chi connectivity index (χ4v) is 5.54. The highest BCUT2D eigenvalue weighted by Gasteiger charge is 2.52. The van der Waals surface area contributed by atoms with Crippen molar-refractivity contribution in [1.82, 2.24) is 9.55 Å². The van der Waals surface area contributed by atoms with Gasteiger partial charge in [0.25, 0.3) is 0 Å². The molecular weight excluding hydrogens is 455 g/mol. The third kappa shape index (κ3) is 4.61. The van der Waals surface area contributed by atoms with Crippen LogP contribution in [0.3, 0.4) is 0 Å². The predicted molar refractivity (Wildman–Crippen MR) is 119 cm³/mol. The normalized spacial score (nSPS) is 27.5. The van der Waals surface area contributed by atoms with Gasteiger partial charge in [0.2, 0.25) is 5.65 Å². The third-order valence-electron chi connectivity index (χ3n) is 6.73. The summed E-state index contributed by atoms with van der Waals surface area (Å²) in [6.45, 7) is 6.35. The number of nitrogens with zero attached hydrogens (tertiary/aromatic N) is 1. The average molecular weight is 489 g/mol. The number of anilines is 1. The van der Waals surface area contributed by atoms with Crippen molar-refractivity contribution in [2.45, 2.75) is 88.9 Å². The fraction of sp³-hybridized carbons (Fsp3) is 0.700. The lowest BCUT2D eigenvalue weighted by atomic mass is 9.88. The van der Waals surface area contributed by atoms with Gasteiger partial charge >= 0.3 is 19.1 Å². The number of nitrogen functional groups attached to an aromatic ring is 1. The van der Waals surface area contributed by atoms with Crippen LogP contribution in [0.25, 0.3) is 11.0 Å². The van der Waals surface area contributed by atoms with Crippen LogP contribution in [0.4, 0.5) is 5.95 Å². The minimum absolute atomic E-state index is 0.00704. The second-order valence-electron chi connectivity index (χ2n) is 8.80. The van der Waals surface area contributed by atoms with Crippen LogP contribution in [0.5, 0.6) is 0 Å². The van der Waals surface area contributed by atoms with Gasteiger partial charge in [-0.1, -0.05) is 20.8 Å². The number of fused-ring (bicyclic) bond motifs is 1. The Morgan fingerprint density at radius 3 is 2.48 bits per heavy atom. The van der Waals surface area contributed by atoms with Crippen molar-refractivity contribution in [2.24, 2.45) is 0 Å². The SMILES string of the molecule is CCC(CC)(CC1OC(n2ccc3c(=O)[nH]c(N)[nH+]c32)C(O)C1O)OP(=O)(O)C(C)(O)CC. The van der Waals surface area contributed by atoms with E-state index in [2.05, 4.69) is 9.97 Å². The molecule has 0 amide bonds. The number of aliphatic hydroxyl groups excluding tert-OH is 2. The summed E-state index contributed by atoms with van der Waals surface area (Å²) in [6.07, 6.45) is -2.57. The van der Waals surface area contributed by atoms with E-state index in [1.807, 2.05) is 0 Å². The van der Waals surface area contributed by atoms with Crippen LogP contribution in [-0.4, -0.2) is 59.0 Å². The number of rotatable bonds is 9. The first-order chi connectivity index (χ1) is 15.3. The molecule has 2 aromatic heterocycles. The molecule has 12 nitrogen and oxygen atoms in total. The summed E-state index contributed by atoms with van der Waals surface area (Å²) in [4.78, 5) is 27.9. The minimum Gasteiger partial charge on any atom is -0.387 e. The molecule has 3 rings (SSSR count). The Kier molecular flexibility index (Phi) is 7.12. The molecular formula is C20H34N4O8P+. The molecule has 3 heterocycles. The van der Waals surface area contributed by atoms with Gasteiger partial charge in [-0.05, 0) is 32.3 Å². The first-order valence-electron chi connectivity index (χ1n) is 11.0. The first kappa shape index (κ1) is 25.8. The van der Waals surface area contributed by atoms with Crippen LogP contribution >= 0.6 is 7.60 Å². The monoisotopic (exact) mass is 489 g/mol. The highest BCUT2D eigenvalue weighted by atomic mass is 31.2. The van der Waals surface area contributed by atoms with Gasteiger partial charge in [-0.2, -0.15) is 0 Å². The standard InChI is InChI=1S/C20H33N4O8P/c1-5-19(4,28)33(29,30)32-20(6-2,7-3)10-12-13(25)14(26)17(31-12)24-9-8-11-15(24)22-18(21)23-16(11)27/h8-9,12-14,17,25-26,28H,5-7,10H2,1-4H3,(H,29,30)(H3,21,22,23,27)/p+1. The summed E-state index contributed by atoms with van der Waals surface area (Å²) in [6, 6.07) is 1.53. The fourth-order valence-electron chi connectivity index (χ4n) is 4.08. The number of H-pyrrole nitrogens is 2. The Labute approximate surface area is 190 Å². The Morgan fingerprint density at radius 2 is 1.91 bits per heavy atom. The summed E-state index contributed by atoms with van der Waals surface area (Å²) < 4.78 is 26.0. The van der Waals surface area contributed by atoms with Crippen molar-refractivity contribution in [1.29, 1.82) is 0 Å². The molecule has 0 aliphatic carbocycles. The second-order valence-corrected chi connectivity index (χ2v) is 11.0. The largest absolute Gasteiger partial charge is 0.387 e. The van der Waals surface area contributed by atoms with Gasteiger partial charge in [0.15, 0.2) is 11.6 Å². The van der Waals surface area contributed by atoms with Crippen LogP contribution in [0, 0.1) is 0 Å². The highest BCUT2D eigenvalue weighted by molar-refractivity contribution is 7.54. The molecule has 0 spiro atoms. The highest BCUT2D eigenvalue weighted by Crippen LogP contribution is 2.59. The number of hydrogen-bond acceptors (Lipinski definition) is 8. The molecule has 1 saturated heterocycles. The Morgan fingerprint density at radius 1 is 1.27 bits per heavy atom. The third-order valence-corrected chi connectivity index (χ3v) is 8.90. The number of nitrogens with two attached hydrogens (primary N) is 1. The molecule has 1 fully saturated rings. The maximum absolute atomic E-state index is 12.9.